The predicted molar refractivity (Wildman–Crippen MR) is 83.7 cm³/mol. The van der Waals surface area contributed by atoms with E-state index in [9.17, 15) is 18.0 Å². The monoisotopic (exact) mass is 337 g/mol. The molecule has 2 rings (SSSR count). The second-order valence-electron chi connectivity index (χ2n) is 4.60. The van der Waals surface area contributed by atoms with Crippen LogP contribution in [0, 0.1) is 5.82 Å². The minimum Gasteiger partial charge on any atom is -0.435 e. The highest BCUT2D eigenvalue weighted by Gasteiger charge is 2.03. The van der Waals surface area contributed by atoms with Crippen molar-refractivity contribution in [1.82, 2.24) is 5.43 Å². The van der Waals surface area contributed by atoms with Crippen LogP contribution in [0.3, 0.4) is 0 Å². The minimum atomic E-state index is -2.88. The number of halogens is 3. The Morgan fingerprint density at radius 1 is 1.12 bits per heavy atom. The van der Waals surface area contributed by atoms with Crippen LogP contribution in [0.1, 0.15) is 5.56 Å². The van der Waals surface area contributed by atoms with E-state index in [0.29, 0.717) is 11.3 Å². The molecule has 24 heavy (non-hydrogen) atoms. The van der Waals surface area contributed by atoms with Gasteiger partial charge in [0.05, 0.1) is 12.8 Å². The zero-order valence-corrected chi connectivity index (χ0v) is 12.4. The molecule has 5 nitrogen and oxygen atoms in total. The largest absolute Gasteiger partial charge is 0.435 e. The molecule has 8 heteroatoms. The van der Waals surface area contributed by atoms with Gasteiger partial charge in [-0.15, -0.1) is 0 Å². The molecule has 2 aromatic rings. The van der Waals surface area contributed by atoms with E-state index in [1.807, 2.05) is 0 Å². The third kappa shape index (κ3) is 5.99. The predicted octanol–water partition coefficient (Wildman–Crippen LogP) is 2.99. The summed E-state index contributed by atoms with van der Waals surface area (Å²) < 4.78 is 41.0. The van der Waals surface area contributed by atoms with Crippen LogP contribution in [-0.4, -0.2) is 25.3 Å². The summed E-state index contributed by atoms with van der Waals surface area (Å²) >= 11 is 0. The highest BCUT2D eigenvalue weighted by Crippen LogP contribution is 2.13. The van der Waals surface area contributed by atoms with Gasteiger partial charge in [-0.2, -0.15) is 13.9 Å². The molecule has 0 saturated heterocycles. The number of anilines is 1. The molecule has 2 aromatic carbocycles. The molecule has 0 atom stereocenters. The van der Waals surface area contributed by atoms with Crippen molar-refractivity contribution in [2.45, 2.75) is 6.61 Å². The van der Waals surface area contributed by atoms with Crippen molar-refractivity contribution in [2.24, 2.45) is 5.10 Å². The molecular formula is C16H14F3N3O2. The van der Waals surface area contributed by atoms with Gasteiger partial charge in [0.2, 0.25) is 0 Å². The van der Waals surface area contributed by atoms with Crippen molar-refractivity contribution in [3.8, 4) is 5.75 Å². The number of benzene rings is 2. The number of rotatable bonds is 7. The molecular weight excluding hydrogens is 323 g/mol. The lowest BCUT2D eigenvalue weighted by Gasteiger charge is -2.05. The maximum absolute atomic E-state index is 12.7. The molecule has 2 N–H and O–H groups in total. The first kappa shape index (κ1) is 17.3. The number of nitrogens with zero attached hydrogens (tertiary/aromatic N) is 1. The zero-order valence-electron chi connectivity index (χ0n) is 12.4. The van der Waals surface area contributed by atoms with Gasteiger partial charge in [-0.25, -0.2) is 9.82 Å². The van der Waals surface area contributed by atoms with E-state index in [2.05, 4.69) is 20.6 Å². The van der Waals surface area contributed by atoms with Crippen LogP contribution in [-0.2, 0) is 4.79 Å². The van der Waals surface area contributed by atoms with E-state index in [1.165, 1.54) is 54.7 Å². The van der Waals surface area contributed by atoms with Gasteiger partial charge in [0.15, 0.2) is 0 Å². The van der Waals surface area contributed by atoms with Crippen LogP contribution in [0.2, 0.25) is 0 Å². The highest BCUT2D eigenvalue weighted by molar-refractivity contribution is 5.84. The van der Waals surface area contributed by atoms with Gasteiger partial charge in [0.1, 0.15) is 11.6 Å². The smallest absolute Gasteiger partial charge is 0.387 e. The topological polar surface area (TPSA) is 62.7 Å². The fourth-order valence-corrected chi connectivity index (χ4v) is 1.70. The Morgan fingerprint density at radius 3 is 2.42 bits per heavy atom. The number of carbonyl (C=O) groups excluding carboxylic acids is 1. The second-order valence-corrected chi connectivity index (χ2v) is 4.60. The minimum absolute atomic E-state index is 0.0367. The van der Waals surface area contributed by atoms with Crippen LogP contribution in [0.4, 0.5) is 18.9 Å². The molecule has 0 aliphatic carbocycles. The van der Waals surface area contributed by atoms with Gasteiger partial charge >= 0.3 is 6.61 Å². The number of nitrogens with one attached hydrogen (secondary N) is 2. The molecule has 0 spiro atoms. The van der Waals surface area contributed by atoms with Crippen molar-refractivity contribution in [3.63, 3.8) is 0 Å². The molecule has 0 aliphatic rings. The average Bonchev–Trinajstić information content (AvgIpc) is 2.55. The molecule has 1 amide bonds. The SMILES string of the molecule is O=C(CNc1ccc(F)cc1)N/N=C/c1ccc(OC(F)F)cc1. The Bertz CT molecular complexity index is 689. The Balaban J connectivity index is 1.76. The van der Waals surface area contributed by atoms with Gasteiger partial charge in [0.25, 0.3) is 5.91 Å². The third-order valence-electron chi connectivity index (χ3n) is 2.81. The fraction of sp³-hybridized carbons (Fsp3) is 0.125. The lowest BCUT2D eigenvalue weighted by Crippen LogP contribution is -2.25. The number of alkyl halides is 2. The van der Waals surface area contributed by atoms with Gasteiger partial charge in [-0.1, -0.05) is 0 Å². The molecule has 0 aliphatic heterocycles. The Kier molecular flexibility index (Phi) is 6.18. The van der Waals surface area contributed by atoms with Crippen molar-refractivity contribution >= 4 is 17.8 Å². The maximum Gasteiger partial charge on any atom is 0.387 e. The summed E-state index contributed by atoms with van der Waals surface area (Å²) in [4.78, 5) is 11.6. The summed E-state index contributed by atoms with van der Waals surface area (Å²) in [5.74, 6) is -0.720. The Hall–Kier alpha value is -3.03. The summed E-state index contributed by atoms with van der Waals surface area (Å²) in [6.07, 6.45) is 1.36. The fourth-order valence-electron chi connectivity index (χ4n) is 1.70. The molecule has 0 aromatic heterocycles. The molecule has 0 radical (unpaired) electrons. The Labute approximate surface area is 136 Å². The van der Waals surface area contributed by atoms with Crippen LogP contribution in [0.5, 0.6) is 5.75 Å². The van der Waals surface area contributed by atoms with Gasteiger partial charge in [0, 0.05) is 5.69 Å². The average molecular weight is 337 g/mol. The first-order chi connectivity index (χ1) is 11.5. The summed E-state index contributed by atoms with van der Waals surface area (Å²) in [5.41, 5.74) is 3.50. The second kappa shape index (κ2) is 8.56. The number of hydrazone groups is 1. The first-order valence-electron chi connectivity index (χ1n) is 6.89. The van der Waals surface area contributed by atoms with E-state index in [0.717, 1.165) is 0 Å². The number of ether oxygens (including phenoxy) is 1. The summed E-state index contributed by atoms with van der Waals surface area (Å²) in [5, 5.41) is 6.55. The van der Waals surface area contributed by atoms with E-state index in [4.69, 9.17) is 0 Å². The standard InChI is InChI=1S/C16H14F3N3O2/c17-12-3-5-13(6-4-12)20-10-15(23)22-21-9-11-1-7-14(8-2-11)24-16(18)19/h1-9,16,20H,10H2,(H,22,23)/b21-9+. The van der Waals surface area contributed by atoms with Crippen molar-refractivity contribution in [1.29, 1.82) is 0 Å². The summed E-state index contributed by atoms with van der Waals surface area (Å²) in [6, 6.07) is 11.3. The molecule has 0 heterocycles. The van der Waals surface area contributed by atoms with Crippen molar-refractivity contribution < 1.29 is 22.7 Å². The van der Waals surface area contributed by atoms with Crippen LogP contribution < -0.4 is 15.5 Å². The maximum atomic E-state index is 12.7. The van der Waals surface area contributed by atoms with E-state index in [-0.39, 0.29) is 18.1 Å². The summed E-state index contributed by atoms with van der Waals surface area (Å²) in [6.45, 7) is -2.91. The molecule has 0 saturated carbocycles. The number of amides is 1. The van der Waals surface area contributed by atoms with E-state index >= 15 is 0 Å². The lowest BCUT2D eigenvalue weighted by atomic mass is 10.2. The van der Waals surface area contributed by atoms with Crippen molar-refractivity contribution in [3.05, 3.63) is 59.9 Å². The molecule has 0 unspecified atom stereocenters. The quantitative estimate of drug-likeness (QED) is 0.603. The number of hydrogen-bond donors (Lipinski definition) is 2. The Morgan fingerprint density at radius 2 is 1.79 bits per heavy atom. The lowest BCUT2D eigenvalue weighted by molar-refractivity contribution is -0.119. The summed E-state index contributed by atoms with van der Waals surface area (Å²) in [7, 11) is 0. The first-order valence-corrected chi connectivity index (χ1v) is 6.89. The van der Waals surface area contributed by atoms with Crippen LogP contribution >= 0.6 is 0 Å². The van der Waals surface area contributed by atoms with Gasteiger partial charge in [-0.05, 0) is 54.1 Å². The third-order valence-corrected chi connectivity index (χ3v) is 2.81. The number of hydrogen-bond acceptors (Lipinski definition) is 4. The molecule has 126 valence electrons. The van der Waals surface area contributed by atoms with Crippen molar-refractivity contribution in [2.75, 3.05) is 11.9 Å². The normalized spacial score (nSPS) is 10.8. The molecule has 0 bridgehead atoms. The van der Waals surface area contributed by atoms with Gasteiger partial charge < -0.3 is 10.1 Å². The van der Waals surface area contributed by atoms with Crippen LogP contribution in [0.15, 0.2) is 53.6 Å². The van der Waals surface area contributed by atoms with Gasteiger partial charge in [-0.3, -0.25) is 4.79 Å². The van der Waals surface area contributed by atoms with E-state index < -0.39 is 12.5 Å². The highest BCUT2D eigenvalue weighted by atomic mass is 19.3. The zero-order chi connectivity index (χ0) is 17.4. The van der Waals surface area contributed by atoms with E-state index in [1.54, 1.807) is 0 Å². The number of carbonyl (C=O) groups is 1. The molecule has 0 fully saturated rings. The van der Waals surface area contributed by atoms with Crippen LogP contribution in [0.25, 0.3) is 0 Å².